The molecule has 126 valence electrons. The number of amides is 2. The summed E-state index contributed by atoms with van der Waals surface area (Å²) in [5.74, 6) is -1.03. The minimum absolute atomic E-state index is 0.136. The van der Waals surface area contributed by atoms with Crippen LogP contribution in [0.5, 0.6) is 0 Å². The minimum Gasteiger partial charge on any atom is -0.479 e. The fourth-order valence-corrected chi connectivity index (χ4v) is 2.87. The molecule has 0 radical (unpaired) electrons. The lowest BCUT2D eigenvalue weighted by atomic mass is 9.80. The van der Waals surface area contributed by atoms with E-state index in [4.69, 9.17) is 0 Å². The Morgan fingerprint density at radius 1 is 1.18 bits per heavy atom. The van der Waals surface area contributed by atoms with Crippen LogP contribution in [0.25, 0.3) is 0 Å². The van der Waals surface area contributed by atoms with Crippen molar-refractivity contribution in [1.29, 1.82) is 0 Å². The molecule has 0 saturated heterocycles. The van der Waals surface area contributed by atoms with Crippen molar-refractivity contribution in [1.82, 2.24) is 10.2 Å². The standard InChI is InChI=1S/C16H28N2O4/c1-12(2)7-8-13(19)17-11-14(20)18(3)16(15(21)22)9-5-4-6-10-16/h12H,4-11H2,1-3H3,(H,17,19)(H,21,22). The normalized spacial score (nSPS) is 17.1. The summed E-state index contributed by atoms with van der Waals surface area (Å²) in [6.07, 6.45) is 4.74. The van der Waals surface area contributed by atoms with Gasteiger partial charge in [0.2, 0.25) is 11.8 Å². The fraction of sp³-hybridized carbons (Fsp3) is 0.812. The largest absolute Gasteiger partial charge is 0.479 e. The highest BCUT2D eigenvalue weighted by molar-refractivity contribution is 5.90. The van der Waals surface area contributed by atoms with E-state index in [2.05, 4.69) is 5.32 Å². The average Bonchev–Trinajstić information content (AvgIpc) is 2.50. The Morgan fingerprint density at radius 3 is 2.27 bits per heavy atom. The summed E-state index contributed by atoms with van der Waals surface area (Å²) in [4.78, 5) is 36.9. The third kappa shape index (κ3) is 4.71. The van der Waals surface area contributed by atoms with Crippen LogP contribution in [0, 0.1) is 5.92 Å². The third-order valence-electron chi connectivity index (χ3n) is 4.48. The first kappa shape index (κ1) is 18.5. The van der Waals surface area contributed by atoms with E-state index < -0.39 is 11.5 Å². The van der Waals surface area contributed by atoms with Crippen LogP contribution in [0.3, 0.4) is 0 Å². The quantitative estimate of drug-likeness (QED) is 0.750. The van der Waals surface area contributed by atoms with Crippen molar-refractivity contribution in [2.75, 3.05) is 13.6 Å². The highest BCUT2D eigenvalue weighted by atomic mass is 16.4. The van der Waals surface area contributed by atoms with Crippen molar-refractivity contribution in [3.8, 4) is 0 Å². The number of hydrogen-bond acceptors (Lipinski definition) is 3. The first-order valence-corrected chi connectivity index (χ1v) is 8.06. The van der Waals surface area contributed by atoms with Gasteiger partial charge in [-0.25, -0.2) is 4.79 Å². The summed E-state index contributed by atoms with van der Waals surface area (Å²) in [7, 11) is 1.53. The Morgan fingerprint density at radius 2 is 1.77 bits per heavy atom. The van der Waals surface area contributed by atoms with Gasteiger partial charge in [0, 0.05) is 13.5 Å². The molecule has 6 nitrogen and oxygen atoms in total. The van der Waals surface area contributed by atoms with Crippen molar-refractivity contribution < 1.29 is 19.5 Å². The van der Waals surface area contributed by atoms with Gasteiger partial charge in [-0.3, -0.25) is 9.59 Å². The molecule has 1 aliphatic rings. The molecule has 1 rings (SSSR count). The molecule has 2 amide bonds. The second-order valence-corrected chi connectivity index (χ2v) is 6.56. The van der Waals surface area contributed by atoms with E-state index in [1.54, 1.807) is 0 Å². The van der Waals surface area contributed by atoms with Gasteiger partial charge >= 0.3 is 5.97 Å². The molecule has 0 aromatic carbocycles. The lowest BCUT2D eigenvalue weighted by Gasteiger charge is -2.41. The molecule has 1 aliphatic carbocycles. The van der Waals surface area contributed by atoms with E-state index in [1.165, 1.54) is 11.9 Å². The number of nitrogens with one attached hydrogen (secondary N) is 1. The minimum atomic E-state index is -1.11. The predicted molar refractivity (Wildman–Crippen MR) is 83.3 cm³/mol. The maximum Gasteiger partial charge on any atom is 0.329 e. The van der Waals surface area contributed by atoms with Crippen LogP contribution in [0.4, 0.5) is 0 Å². The average molecular weight is 312 g/mol. The van der Waals surface area contributed by atoms with Gasteiger partial charge in [0.15, 0.2) is 0 Å². The molecule has 2 N–H and O–H groups in total. The summed E-state index contributed by atoms with van der Waals surface area (Å²) in [6.45, 7) is 3.93. The first-order valence-electron chi connectivity index (χ1n) is 8.06. The van der Waals surface area contributed by atoms with Gasteiger partial charge in [-0.2, -0.15) is 0 Å². The summed E-state index contributed by atoms with van der Waals surface area (Å²) in [5, 5.41) is 12.1. The van der Waals surface area contributed by atoms with Crippen molar-refractivity contribution in [3.05, 3.63) is 0 Å². The van der Waals surface area contributed by atoms with Crippen LogP contribution in [-0.2, 0) is 14.4 Å². The van der Waals surface area contributed by atoms with Crippen molar-refractivity contribution in [3.63, 3.8) is 0 Å². The third-order valence-corrected chi connectivity index (χ3v) is 4.48. The van der Waals surface area contributed by atoms with Crippen LogP contribution in [0.2, 0.25) is 0 Å². The summed E-state index contributed by atoms with van der Waals surface area (Å²) < 4.78 is 0. The lowest BCUT2D eigenvalue weighted by molar-refractivity contribution is -0.160. The molecular formula is C16H28N2O4. The number of nitrogens with zero attached hydrogens (tertiary/aromatic N) is 1. The van der Waals surface area contributed by atoms with Crippen LogP contribution in [0.15, 0.2) is 0 Å². The Balaban J connectivity index is 2.56. The zero-order valence-electron chi connectivity index (χ0n) is 13.9. The molecule has 22 heavy (non-hydrogen) atoms. The van der Waals surface area contributed by atoms with Gasteiger partial charge in [-0.05, 0) is 25.2 Å². The number of rotatable bonds is 7. The highest BCUT2D eigenvalue weighted by Gasteiger charge is 2.45. The Hall–Kier alpha value is -1.59. The molecule has 0 unspecified atom stereocenters. The smallest absolute Gasteiger partial charge is 0.329 e. The number of carbonyl (C=O) groups excluding carboxylic acids is 2. The zero-order chi connectivity index (χ0) is 16.8. The topological polar surface area (TPSA) is 86.7 Å². The van der Waals surface area contributed by atoms with E-state index in [0.717, 1.165) is 25.7 Å². The highest BCUT2D eigenvalue weighted by Crippen LogP contribution is 2.33. The zero-order valence-corrected chi connectivity index (χ0v) is 13.9. The van der Waals surface area contributed by atoms with Crippen molar-refractivity contribution in [2.24, 2.45) is 5.92 Å². The molecule has 0 atom stereocenters. The number of carbonyl (C=O) groups is 3. The monoisotopic (exact) mass is 312 g/mol. The van der Waals surface area contributed by atoms with Gasteiger partial charge in [-0.15, -0.1) is 0 Å². The number of aliphatic carboxylic acids is 1. The van der Waals surface area contributed by atoms with Crippen LogP contribution >= 0.6 is 0 Å². The van der Waals surface area contributed by atoms with Crippen LogP contribution in [0.1, 0.15) is 58.8 Å². The number of likely N-dealkylation sites (N-methyl/N-ethyl adjacent to an activating group) is 1. The van der Waals surface area contributed by atoms with Gasteiger partial charge in [0.25, 0.3) is 0 Å². The maximum absolute atomic E-state index is 12.2. The van der Waals surface area contributed by atoms with Crippen LogP contribution < -0.4 is 5.32 Å². The van der Waals surface area contributed by atoms with E-state index in [1.807, 2.05) is 13.8 Å². The van der Waals surface area contributed by atoms with Crippen LogP contribution in [-0.4, -0.2) is 46.9 Å². The SMILES string of the molecule is CC(C)CCC(=O)NCC(=O)N(C)C1(C(=O)O)CCCCC1. The van der Waals surface area contributed by atoms with Crippen molar-refractivity contribution >= 4 is 17.8 Å². The van der Waals surface area contributed by atoms with Gasteiger partial charge in [0.1, 0.15) is 5.54 Å². The molecule has 0 aromatic heterocycles. The fourth-order valence-electron chi connectivity index (χ4n) is 2.87. The van der Waals surface area contributed by atoms with E-state index in [0.29, 0.717) is 25.2 Å². The molecule has 1 fully saturated rings. The molecule has 0 spiro atoms. The second kappa shape index (κ2) is 8.15. The summed E-state index contributed by atoms with van der Waals surface area (Å²) >= 11 is 0. The first-order chi connectivity index (χ1) is 10.3. The Bertz CT molecular complexity index is 414. The number of hydrogen-bond donors (Lipinski definition) is 2. The molecule has 6 heteroatoms. The van der Waals surface area contributed by atoms with E-state index >= 15 is 0 Å². The molecule has 0 heterocycles. The van der Waals surface area contributed by atoms with E-state index in [9.17, 15) is 19.5 Å². The lowest BCUT2D eigenvalue weighted by Crippen LogP contribution is -2.58. The Kier molecular flexibility index (Phi) is 6.84. The van der Waals surface area contributed by atoms with Gasteiger partial charge in [0.05, 0.1) is 6.54 Å². The molecule has 0 aromatic rings. The Labute approximate surface area is 132 Å². The summed E-state index contributed by atoms with van der Waals surface area (Å²) in [5.41, 5.74) is -1.11. The maximum atomic E-state index is 12.2. The molecular weight excluding hydrogens is 284 g/mol. The number of carboxylic acids is 1. The molecule has 0 aliphatic heterocycles. The van der Waals surface area contributed by atoms with E-state index in [-0.39, 0.29) is 18.4 Å². The second-order valence-electron chi connectivity index (χ2n) is 6.56. The number of carboxylic acid groups (broad SMARTS) is 1. The molecule has 1 saturated carbocycles. The molecule has 0 bridgehead atoms. The van der Waals surface area contributed by atoms with Gasteiger partial charge in [-0.1, -0.05) is 33.1 Å². The predicted octanol–water partition coefficient (Wildman–Crippen LogP) is 1.78. The summed E-state index contributed by atoms with van der Waals surface area (Å²) in [6, 6.07) is 0. The van der Waals surface area contributed by atoms with Crippen molar-refractivity contribution in [2.45, 2.75) is 64.3 Å². The van der Waals surface area contributed by atoms with Gasteiger partial charge < -0.3 is 15.3 Å².